The molecular formula is C11H12ClF3N2O. The Morgan fingerprint density at radius 1 is 1.50 bits per heavy atom. The molecule has 0 bridgehead atoms. The number of aromatic nitrogens is 1. The molecule has 1 aromatic heterocycles. The largest absolute Gasteiger partial charge is 0.420 e. The van der Waals surface area contributed by atoms with E-state index >= 15 is 0 Å². The molecule has 0 spiro atoms. The number of pyridine rings is 1. The van der Waals surface area contributed by atoms with Crippen LogP contribution < -0.4 is 4.74 Å². The maximum atomic E-state index is 12.2. The molecule has 0 atom stereocenters. The topological polar surface area (TPSA) is 46.0 Å². The van der Waals surface area contributed by atoms with Crippen LogP contribution in [0.2, 0.25) is 5.02 Å². The average Bonchev–Trinajstić information content (AvgIpc) is 2.32. The molecule has 0 aromatic carbocycles. The second-order valence-electron chi connectivity index (χ2n) is 2.68. The minimum Gasteiger partial charge on any atom is -0.420 e. The fourth-order valence-corrected chi connectivity index (χ4v) is 1.01. The van der Waals surface area contributed by atoms with E-state index in [1.54, 1.807) is 0 Å². The average molecular weight is 281 g/mol. The predicted octanol–water partition coefficient (Wildman–Crippen LogP) is 4.32. The van der Waals surface area contributed by atoms with Gasteiger partial charge in [0.2, 0.25) is 11.8 Å². The molecule has 0 radical (unpaired) electrons. The zero-order chi connectivity index (χ0) is 14.3. The Balaban J connectivity index is 0.00000137. The number of hydrogen-bond acceptors (Lipinski definition) is 3. The third-order valence-corrected chi connectivity index (χ3v) is 1.80. The summed E-state index contributed by atoms with van der Waals surface area (Å²) in [5.74, 6) is -0.617. The Labute approximate surface area is 108 Å². The molecule has 1 rings (SSSR count). The zero-order valence-electron chi connectivity index (χ0n) is 9.81. The number of hydrogen-bond donors (Lipinski definition) is 1. The van der Waals surface area contributed by atoms with E-state index in [1.165, 1.54) is 0 Å². The fourth-order valence-electron chi connectivity index (χ4n) is 0.801. The highest BCUT2D eigenvalue weighted by molar-refractivity contribution is 6.32. The second-order valence-corrected chi connectivity index (χ2v) is 3.09. The molecule has 100 valence electrons. The van der Waals surface area contributed by atoms with Gasteiger partial charge in [0, 0.05) is 6.20 Å². The SMILES string of the molecule is C=CC(=N)Oc1ncc(C(F)(F)F)cc1Cl.CC. The Morgan fingerprint density at radius 2 is 2.06 bits per heavy atom. The highest BCUT2D eigenvalue weighted by atomic mass is 35.5. The van der Waals surface area contributed by atoms with Crippen molar-refractivity contribution in [2.45, 2.75) is 20.0 Å². The molecule has 0 unspecified atom stereocenters. The molecule has 0 aliphatic carbocycles. The van der Waals surface area contributed by atoms with E-state index in [-0.39, 0.29) is 16.8 Å². The van der Waals surface area contributed by atoms with Crippen LogP contribution in [0.1, 0.15) is 19.4 Å². The Kier molecular flexibility index (Phi) is 6.40. The standard InChI is InChI=1S/C9H6ClF3N2O.C2H6/c1-2-7(14)16-8-6(10)3-5(4-15-8)9(11,12)13;1-2/h2-4,14H,1H2;1-2H3. The molecular weight excluding hydrogens is 269 g/mol. The van der Waals surface area contributed by atoms with Gasteiger partial charge in [-0.3, -0.25) is 5.41 Å². The van der Waals surface area contributed by atoms with Crippen LogP contribution in [0.25, 0.3) is 0 Å². The molecule has 0 saturated carbocycles. The van der Waals surface area contributed by atoms with Gasteiger partial charge >= 0.3 is 6.18 Å². The van der Waals surface area contributed by atoms with Crippen LogP contribution in [-0.2, 0) is 6.18 Å². The molecule has 3 nitrogen and oxygen atoms in total. The van der Waals surface area contributed by atoms with Crippen LogP contribution in [0.3, 0.4) is 0 Å². The Hall–Kier alpha value is -1.56. The van der Waals surface area contributed by atoms with Crippen LogP contribution in [0.4, 0.5) is 13.2 Å². The molecule has 0 fully saturated rings. The Morgan fingerprint density at radius 3 is 2.44 bits per heavy atom. The number of rotatable bonds is 2. The predicted molar refractivity (Wildman–Crippen MR) is 64.1 cm³/mol. The van der Waals surface area contributed by atoms with Gasteiger partial charge in [0.15, 0.2) is 0 Å². The van der Waals surface area contributed by atoms with E-state index in [0.29, 0.717) is 12.3 Å². The molecule has 0 amide bonds. The second kappa shape index (κ2) is 7.00. The molecule has 0 saturated heterocycles. The molecule has 1 N–H and O–H groups in total. The van der Waals surface area contributed by atoms with Crippen molar-refractivity contribution < 1.29 is 17.9 Å². The third kappa shape index (κ3) is 4.75. The summed E-state index contributed by atoms with van der Waals surface area (Å²) in [5.41, 5.74) is -0.977. The summed E-state index contributed by atoms with van der Waals surface area (Å²) in [6.45, 7) is 7.24. The number of nitrogens with one attached hydrogen (secondary N) is 1. The van der Waals surface area contributed by atoms with Gasteiger partial charge in [-0.05, 0) is 12.1 Å². The fraction of sp³-hybridized carbons (Fsp3) is 0.273. The summed E-state index contributed by atoms with van der Waals surface area (Å²) in [5, 5.41) is 6.77. The summed E-state index contributed by atoms with van der Waals surface area (Å²) < 4.78 is 41.4. The molecule has 1 aromatic rings. The molecule has 7 heteroatoms. The lowest BCUT2D eigenvalue weighted by atomic mass is 10.3. The van der Waals surface area contributed by atoms with Gasteiger partial charge < -0.3 is 4.74 Å². The van der Waals surface area contributed by atoms with Gasteiger partial charge in [-0.15, -0.1) is 0 Å². The van der Waals surface area contributed by atoms with Crippen molar-refractivity contribution in [3.63, 3.8) is 0 Å². The maximum Gasteiger partial charge on any atom is 0.417 e. The molecule has 18 heavy (non-hydrogen) atoms. The first-order chi connectivity index (χ1) is 8.34. The van der Waals surface area contributed by atoms with Crippen molar-refractivity contribution in [2.75, 3.05) is 0 Å². The van der Waals surface area contributed by atoms with E-state index in [2.05, 4.69) is 11.6 Å². The third-order valence-electron chi connectivity index (χ3n) is 1.53. The summed E-state index contributed by atoms with van der Waals surface area (Å²) in [6, 6.07) is 0.681. The van der Waals surface area contributed by atoms with Crippen LogP contribution in [0.15, 0.2) is 24.9 Å². The monoisotopic (exact) mass is 280 g/mol. The summed E-state index contributed by atoms with van der Waals surface area (Å²) in [6.07, 6.45) is -2.87. The van der Waals surface area contributed by atoms with Gasteiger partial charge in [-0.25, -0.2) is 4.98 Å². The van der Waals surface area contributed by atoms with Crippen LogP contribution in [-0.4, -0.2) is 10.9 Å². The first-order valence-electron chi connectivity index (χ1n) is 4.96. The first-order valence-corrected chi connectivity index (χ1v) is 5.34. The van der Waals surface area contributed by atoms with E-state index in [4.69, 9.17) is 21.7 Å². The quantitative estimate of drug-likeness (QED) is 0.648. The lowest BCUT2D eigenvalue weighted by molar-refractivity contribution is -0.137. The molecule has 0 aliphatic heterocycles. The smallest absolute Gasteiger partial charge is 0.417 e. The van der Waals surface area contributed by atoms with Crippen molar-refractivity contribution in [1.82, 2.24) is 4.98 Å². The lowest BCUT2D eigenvalue weighted by Crippen LogP contribution is -2.08. The van der Waals surface area contributed by atoms with Crippen molar-refractivity contribution in [1.29, 1.82) is 5.41 Å². The zero-order valence-corrected chi connectivity index (χ0v) is 10.6. The summed E-state index contributed by atoms with van der Waals surface area (Å²) in [7, 11) is 0. The number of ether oxygens (including phenoxy) is 1. The minimum absolute atomic E-state index is 0.264. The van der Waals surface area contributed by atoms with E-state index < -0.39 is 11.7 Å². The van der Waals surface area contributed by atoms with Crippen molar-refractivity contribution >= 4 is 17.5 Å². The highest BCUT2D eigenvalue weighted by Gasteiger charge is 2.31. The van der Waals surface area contributed by atoms with Gasteiger partial charge in [-0.2, -0.15) is 13.2 Å². The van der Waals surface area contributed by atoms with Crippen LogP contribution in [0, 0.1) is 5.41 Å². The van der Waals surface area contributed by atoms with Crippen molar-refractivity contribution in [2.24, 2.45) is 0 Å². The van der Waals surface area contributed by atoms with Gasteiger partial charge in [0.1, 0.15) is 5.02 Å². The van der Waals surface area contributed by atoms with E-state index in [0.717, 1.165) is 6.08 Å². The van der Waals surface area contributed by atoms with Gasteiger partial charge in [0.25, 0.3) is 0 Å². The highest BCUT2D eigenvalue weighted by Crippen LogP contribution is 2.33. The minimum atomic E-state index is -4.51. The van der Waals surface area contributed by atoms with Gasteiger partial charge in [0.05, 0.1) is 5.56 Å². The van der Waals surface area contributed by atoms with Gasteiger partial charge in [-0.1, -0.05) is 32.0 Å². The molecule has 1 heterocycles. The summed E-state index contributed by atoms with van der Waals surface area (Å²) >= 11 is 5.52. The van der Waals surface area contributed by atoms with Crippen molar-refractivity contribution in [3.05, 3.63) is 35.5 Å². The van der Waals surface area contributed by atoms with Crippen LogP contribution >= 0.6 is 11.6 Å². The lowest BCUT2D eigenvalue weighted by Gasteiger charge is -2.08. The van der Waals surface area contributed by atoms with E-state index in [1.807, 2.05) is 13.8 Å². The van der Waals surface area contributed by atoms with E-state index in [9.17, 15) is 13.2 Å². The molecule has 0 aliphatic rings. The number of nitrogens with zero attached hydrogens (tertiary/aromatic N) is 1. The van der Waals surface area contributed by atoms with Crippen LogP contribution in [0.5, 0.6) is 5.88 Å². The van der Waals surface area contributed by atoms with Crippen molar-refractivity contribution in [3.8, 4) is 5.88 Å². The Bertz CT molecular complexity index is 433. The maximum absolute atomic E-state index is 12.2. The number of halogens is 4. The summed E-state index contributed by atoms with van der Waals surface area (Å²) in [4.78, 5) is 3.37. The normalized spacial score (nSPS) is 10.1. The number of alkyl halides is 3. The first kappa shape index (κ1) is 16.4.